The number of nitrogens with one attached hydrogen (secondary N) is 1. The van der Waals surface area contributed by atoms with E-state index in [1.165, 1.54) is 92.3 Å². The van der Waals surface area contributed by atoms with Gasteiger partial charge in [-0.2, -0.15) is 24.3 Å². The van der Waals surface area contributed by atoms with Crippen LogP contribution in [0.3, 0.4) is 0 Å². The van der Waals surface area contributed by atoms with Crippen LogP contribution in [0.25, 0.3) is 22.3 Å². The SMILES string of the molecule is CN(C)c1cccc(N(C)C)c1-c1ccc[c-]c1P(C1CCCCC1)C1CCCCC1.CNc1ccccc1-c1[c-]cccc1.CS(=O)(=O)[O-].[Pd]. The third kappa shape index (κ3) is 12.7. The van der Waals surface area contributed by atoms with Crippen LogP contribution in [0.4, 0.5) is 17.1 Å². The summed E-state index contributed by atoms with van der Waals surface area (Å²) in [7, 11) is 6.53. The van der Waals surface area contributed by atoms with Gasteiger partial charge in [-0.3, -0.25) is 0 Å². The Morgan fingerprint density at radius 2 is 1.18 bits per heavy atom. The fourth-order valence-corrected chi connectivity index (χ4v) is 11.1. The minimum absolute atomic E-state index is 0. The van der Waals surface area contributed by atoms with Gasteiger partial charge < -0.3 is 19.7 Å². The zero-order valence-corrected chi connectivity index (χ0v) is 34.4. The van der Waals surface area contributed by atoms with Crippen LogP contribution >= 0.6 is 7.92 Å². The monoisotopic (exact) mass is 818 g/mol. The van der Waals surface area contributed by atoms with Gasteiger partial charge in [-0.05, 0) is 66.5 Å². The second-order valence-corrected chi connectivity index (χ2v) is 17.8. The van der Waals surface area contributed by atoms with E-state index in [-0.39, 0.29) is 28.3 Å². The molecule has 0 heterocycles. The van der Waals surface area contributed by atoms with Gasteiger partial charge in [0.2, 0.25) is 0 Å². The maximum absolute atomic E-state index is 9.08. The summed E-state index contributed by atoms with van der Waals surface area (Å²) in [6.07, 6.45) is 14.9. The van der Waals surface area contributed by atoms with Gasteiger partial charge in [0.15, 0.2) is 0 Å². The Hall–Kier alpha value is -2.72. The standard InChI is InChI=1S/C28H40N2P.C13H12N.CH4O3S.Pd/c1-29(2)25-19-13-20-26(30(3)4)28(25)24-18-11-12-21-27(24)31(22-14-7-5-8-15-22)23-16-9-6-10-17-23;1-14-13-10-6-5-9-12(13)11-7-3-2-4-8-11;1-5(2,3)4;/h11-13,18-20,22-23H,5-10,14-17H2,1-4H3;2-7,9-10,14H,1H3;1H3,(H,2,3,4);/q2*-1;;/p-1. The van der Waals surface area contributed by atoms with Crippen molar-refractivity contribution in [2.75, 3.05) is 56.6 Å². The Morgan fingerprint density at radius 1 is 0.686 bits per heavy atom. The molecule has 280 valence electrons. The summed E-state index contributed by atoms with van der Waals surface area (Å²) in [5.41, 5.74) is 10.7. The molecule has 2 fully saturated rings. The van der Waals surface area contributed by atoms with Crippen LogP contribution in [-0.2, 0) is 30.5 Å². The first-order valence-corrected chi connectivity index (χ1v) is 21.2. The minimum atomic E-state index is -3.92. The summed E-state index contributed by atoms with van der Waals surface area (Å²) in [6, 6.07) is 36.8. The van der Waals surface area contributed by atoms with Gasteiger partial charge in [0.05, 0.1) is 10.1 Å². The smallest absolute Gasteiger partial charge is 0.0916 e. The molecular formula is C42H55N3O3PPdS-3. The molecule has 1 N–H and O–H groups in total. The van der Waals surface area contributed by atoms with Crippen molar-refractivity contribution in [3.8, 4) is 22.3 Å². The predicted molar refractivity (Wildman–Crippen MR) is 216 cm³/mol. The van der Waals surface area contributed by atoms with Crippen LogP contribution in [0.5, 0.6) is 0 Å². The Kier molecular flexibility index (Phi) is 17.7. The number of anilines is 3. The van der Waals surface area contributed by atoms with Gasteiger partial charge in [0.25, 0.3) is 0 Å². The van der Waals surface area contributed by atoms with E-state index in [4.69, 9.17) is 13.0 Å². The molecule has 0 bridgehead atoms. The van der Waals surface area contributed by atoms with Crippen molar-refractivity contribution in [2.45, 2.75) is 75.5 Å². The summed E-state index contributed by atoms with van der Waals surface area (Å²) in [5, 5.41) is 4.74. The summed E-state index contributed by atoms with van der Waals surface area (Å²) >= 11 is 0. The molecule has 4 aromatic rings. The molecular weight excluding hydrogens is 764 g/mol. The molecule has 4 aromatic carbocycles. The zero-order chi connectivity index (χ0) is 36.1. The first kappa shape index (κ1) is 42.7. The van der Waals surface area contributed by atoms with E-state index in [0.717, 1.165) is 22.6 Å². The van der Waals surface area contributed by atoms with Gasteiger partial charge in [-0.1, -0.05) is 76.3 Å². The quantitative estimate of drug-likeness (QED) is 0.0827. The van der Waals surface area contributed by atoms with Gasteiger partial charge in [-0.25, -0.2) is 8.42 Å². The number of hydrogen-bond acceptors (Lipinski definition) is 6. The molecule has 6 nitrogen and oxygen atoms in total. The van der Waals surface area contributed by atoms with E-state index < -0.39 is 10.1 Å². The number of para-hydroxylation sites is 1. The summed E-state index contributed by atoms with van der Waals surface area (Å²) < 4.78 is 27.2. The van der Waals surface area contributed by atoms with Crippen molar-refractivity contribution in [2.24, 2.45) is 0 Å². The molecule has 0 radical (unpaired) electrons. The van der Waals surface area contributed by atoms with Crippen LogP contribution in [-0.4, -0.2) is 65.8 Å². The summed E-state index contributed by atoms with van der Waals surface area (Å²) in [4.78, 5) is 4.56. The Bertz CT molecular complexity index is 1670. The van der Waals surface area contributed by atoms with E-state index in [2.05, 4.69) is 110 Å². The second kappa shape index (κ2) is 21.1. The summed E-state index contributed by atoms with van der Waals surface area (Å²) in [5.74, 6) is 0. The topological polar surface area (TPSA) is 75.7 Å². The molecule has 0 atom stereocenters. The fraction of sp³-hybridized carbons (Fsp3) is 0.429. The van der Waals surface area contributed by atoms with Crippen molar-refractivity contribution < 1.29 is 33.4 Å². The van der Waals surface area contributed by atoms with Crippen LogP contribution in [0.15, 0.2) is 84.9 Å². The van der Waals surface area contributed by atoms with Gasteiger partial charge in [0.1, 0.15) is 0 Å². The molecule has 0 unspecified atom stereocenters. The van der Waals surface area contributed by atoms with E-state index in [9.17, 15) is 0 Å². The molecule has 2 saturated carbocycles. The van der Waals surface area contributed by atoms with Crippen LogP contribution in [0, 0.1) is 12.1 Å². The molecule has 0 aromatic heterocycles. The molecule has 0 spiro atoms. The zero-order valence-electron chi connectivity index (χ0n) is 31.1. The molecule has 2 aliphatic carbocycles. The fourth-order valence-electron chi connectivity index (χ4n) is 7.27. The molecule has 0 amide bonds. The predicted octanol–water partition coefficient (Wildman–Crippen LogP) is 9.41. The first-order chi connectivity index (χ1) is 24.0. The van der Waals surface area contributed by atoms with Crippen molar-refractivity contribution in [3.05, 3.63) is 97.1 Å². The number of rotatable bonds is 8. The van der Waals surface area contributed by atoms with Crippen molar-refractivity contribution >= 4 is 40.4 Å². The Balaban J connectivity index is 0.000000290. The van der Waals surface area contributed by atoms with Crippen molar-refractivity contribution in [1.82, 2.24) is 0 Å². The van der Waals surface area contributed by atoms with Crippen LogP contribution < -0.4 is 20.4 Å². The van der Waals surface area contributed by atoms with E-state index >= 15 is 0 Å². The third-order valence-electron chi connectivity index (χ3n) is 9.48. The average Bonchev–Trinajstić information content (AvgIpc) is 3.12. The molecule has 2 aliphatic rings. The molecule has 9 heteroatoms. The number of benzene rings is 4. The Morgan fingerprint density at radius 3 is 1.67 bits per heavy atom. The molecule has 0 saturated heterocycles. The van der Waals surface area contributed by atoms with Gasteiger partial charge in [-0.15, -0.1) is 46.8 Å². The van der Waals surface area contributed by atoms with Gasteiger partial charge >= 0.3 is 0 Å². The number of nitrogens with zero attached hydrogens (tertiary/aromatic N) is 2. The second-order valence-electron chi connectivity index (χ2n) is 13.7. The van der Waals surface area contributed by atoms with Crippen LogP contribution in [0.2, 0.25) is 0 Å². The van der Waals surface area contributed by atoms with E-state index in [1.54, 1.807) is 5.30 Å². The molecule has 51 heavy (non-hydrogen) atoms. The van der Waals surface area contributed by atoms with Crippen molar-refractivity contribution in [3.63, 3.8) is 0 Å². The summed E-state index contributed by atoms with van der Waals surface area (Å²) in [6.45, 7) is 0. The van der Waals surface area contributed by atoms with E-state index in [0.29, 0.717) is 6.26 Å². The Labute approximate surface area is 323 Å². The molecule has 6 rings (SSSR count). The van der Waals surface area contributed by atoms with Gasteiger partial charge in [0, 0.05) is 73.3 Å². The maximum atomic E-state index is 9.08. The van der Waals surface area contributed by atoms with E-state index in [1.807, 2.05) is 37.4 Å². The third-order valence-corrected chi connectivity index (χ3v) is 13.0. The largest absolute Gasteiger partial charge is 0.748 e. The van der Waals surface area contributed by atoms with Crippen LogP contribution in [0.1, 0.15) is 64.2 Å². The number of hydrogen-bond donors (Lipinski definition) is 1. The molecule has 0 aliphatic heterocycles. The minimum Gasteiger partial charge on any atom is -0.748 e. The first-order valence-electron chi connectivity index (χ1n) is 17.9. The maximum Gasteiger partial charge on any atom is 0.0916 e. The average molecular weight is 819 g/mol. The van der Waals surface area contributed by atoms with Crippen molar-refractivity contribution in [1.29, 1.82) is 0 Å². The normalized spacial score (nSPS) is 15.0.